The number of carbonyl (C=O) groups is 1. The average Bonchev–Trinajstić information content (AvgIpc) is 3.25. The molecule has 1 amide bonds. The Morgan fingerprint density at radius 3 is 2.65 bits per heavy atom. The topological polar surface area (TPSA) is 61.4 Å². The van der Waals surface area contributed by atoms with Gasteiger partial charge in [0.1, 0.15) is 0 Å². The molecule has 23 heavy (non-hydrogen) atoms. The van der Waals surface area contributed by atoms with Gasteiger partial charge in [0, 0.05) is 32.6 Å². The first kappa shape index (κ1) is 16.6. The number of piperazine rings is 1. The summed E-state index contributed by atoms with van der Waals surface area (Å²) in [4.78, 5) is 16.7. The molecule has 0 unspecified atom stereocenters. The number of carbonyl (C=O) groups excluding carboxylic acids is 1. The number of amides is 1. The van der Waals surface area contributed by atoms with Crippen molar-refractivity contribution < 1.29 is 4.79 Å². The highest BCUT2D eigenvalue weighted by Crippen LogP contribution is 2.29. The van der Waals surface area contributed by atoms with E-state index in [0.29, 0.717) is 11.6 Å². The second-order valence-corrected chi connectivity index (χ2v) is 7.50. The van der Waals surface area contributed by atoms with Gasteiger partial charge in [0.05, 0.1) is 0 Å². The van der Waals surface area contributed by atoms with Crippen LogP contribution in [0.3, 0.4) is 0 Å². The Hall–Kier alpha value is -1.21. The minimum absolute atomic E-state index is 0.0791. The molecule has 1 aliphatic carbocycles. The van der Waals surface area contributed by atoms with Gasteiger partial charge in [0.2, 0.25) is 16.2 Å². The maximum atomic E-state index is 12.0. The Balaban J connectivity index is 1.44. The molecule has 3 rings (SSSR count). The third kappa shape index (κ3) is 4.64. The van der Waals surface area contributed by atoms with Crippen LogP contribution in [0.15, 0.2) is 0 Å². The van der Waals surface area contributed by atoms with Gasteiger partial charge in [-0.1, -0.05) is 43.9 Å². The van der Waals surface area contributed by atoms with Gasteiger partial charge in [-0.15, -0.1) is 10.2 Å². The number of likely N-dealkylation sites (N-methyl/N-ethyl adjacent to an activating group) is 1. The van der Waals surface area contributed by atoms with Crippen LogP contribution in [0.25, 0.3) is 0 Å². The van der Waals surface area contributed by atoms with E-state index in [0.717, 1.165) is 50.2 Å². The van der Waals surface area contributed by atoms with Gasteiger partial charge in [-0.2, -0.15) is 0 Å². The third-order valence-electron chi connectivity index (χ3n) is 5.01. The Kier molecular flexibility index (Phi) is 5.83. The molecular formula is C16H27N5OS. The van der Waals surface area contributed by atoms with E-state index in [1.165, 1.54) is 37.0 Å². The molecule has 2 heterocycles. The summed E-state index contributed by atoms with van der Waals surface area (Å²) in [6.07, 6.45) is 6.86. The zero-order chi connectivity index (χ0) is 16.1. The number of aromatic nitrogens is 2. The van der Waals surface area contributed by atoms with Crippen LogP contribution in [0.2, 0.25) is 0 Å². The monoisotopic (exact) mass is 337 g/mol. The first-order valence-corrected chi connectivity index (χ1v) is 9.67. The molecule has 1 saturated heterocycles. The first-order chi connectivity index (χ1) is 11.2. The molecule has 1 N–H and O–H groups in total. The van der Waals surface area contributed by atoms with Gasteiger partial charge in [0.25, 0.3) is 0 Å². The van der Waals surface area contributed by atoms with Gasteiger partial charge >= 0.3 is 0 Å². The third-order valence-corrected chi connectivity index (χ3v) is 5.90. The molecule has 0 aromatic carbocycles. The van der Waals surface area contributed by atoms with E-state index in [9.17, 15) is 4.79 Å². The van der Waals surface area contributed by atoms with E-state index < -0.39 is 0 Å². The lowest BCUT2D eigenvalue weighted by molar-refractivity contribution is -0.116. The van der Waals surface area contributed by atoms with Crippen molar-refractivity contribution in [1.82, 2.24) is 15.1 Å². The highest BCUT2D eigenvalue weighted by Gasteiger charge is 2.20. The molecule has 0 spiro atoms. The van der Waals surface area contributed by atoms with Crippen LogP contribution in [0.1, 0.15) is 45.4 Å². The standard InChI is InChI=1S/C16H27N5OS/c1-2-20-9-11-21(12-10-20)16-19-18-15(23-16)17-14(22)8-7-13-5-3-4-6-13/h13H,2-12H2,1H3,(H,17,18,22). The fraction of sp³-hybridized carbons (Fsp3) is 0.812. The average molecular weight is 337 g/mol. The summed E-state index contributed by atoms with van der Waals surface area (Å²) in [5, 5.41) is 12.8. The molecule has 7 heteroatoms. The molecule has 0 bridgehead atoms. The molecular weight excluding hydrogens is 310 g/mol. The Morgan fingerprint density at radius 1 is 1.22 bits per heavy atom. The fourth-order valence-corrected chi connectivity index (χ4v) is 4.28. The minimum Gasteiger partial charge on any atom is -0.344 e. The van der Waals surface area contributed by atoms with Crippen molar-refractivity contribution in [1.29, 1.82) is 0 Å². The van der Waals surface area contributed by atoms with E-state index >= 15 is 0 Å². The van der Waals surface area contributed by atoms with Crippen LogP contribution in [0, 0.1) is 5.92 Å². The Bertz CT molecular complexity index is 506. The Labute approximate surface area is 142 Å². The summed E-state index contributed by atoms with van der Waals surface area (Å²) in [6.45, 7) is 7.40. The number of nitrogens with zero attached hydrogens (tertiary/aromatic N) is 4. The van der Waals surface area contributed by atoms with Crippen LogP contribution in [0.5, 0.6) is 0 Å². The summed E-state index contributed by atoms with van der Waals surface area (Å²) in [5.41, 5.74) is 0. The van der Waals surface area contributed by atoms with Crippen molar-refractivity contribution in [3.05, 3.63) is 0 Å². The van der Waals surface area contributed by atoms with Crippen LogP contribution in [-0.2, 0) is 4.79 Å². The predicted octanol–water partition coefficient (Wildman–Crippen LogP) is 2.59. The van der Waals surface area contributed by atoms with E-state index in [4.69, 9.17) is 0 Å². The molecule has 0 atom stereocenters. The van der Waals surface area contributed by atoms with Crippen LogP contribution >= 0.6 is 11.3 Å². The van der Waals surface area contributed by atoms with E-state index in [-0.39, 0.29) is 5.91 Å². The van der Waals surface area contributed by atoms with Crippen molar-refractivity contribution in [3.8, 4) is 0 Å². The quantitative estimate of drug-likeness (QED) is 0.864. The smallest absolute Gasteiger partial charge is 0.226 e. The largest absolute Gasteiger partial charge is 0.344 e. The molecule has 1 aliphatic heterocycles. The summed E-state index contributed by atoms with van der Waals surface area (Å²) in [5.74, 6) is 0.830. The normalized spacial score (nSPS) is 20.1. The SMILES string of the molecule is CCN1CCN(c2nnc(NC(=O)CCC3CCCC3)s2)CC1. The maximum Gasteiger partial charge on any atom is 0.226 e. The number of anilines is 2. The zero-order valence-corrected chi connectivity index (χ0v) is 14.8. The van der Waals surface area contributed by atoms with Gasteiger partial charge in [-0.05, 0) is 18.9 Å². The van der Waals surface area contributed by atoms with Crippen molar-refractivity contribution in [2.24, 2.45) is 5.92 Å². The second kappa shape index (κ2) is 8.06. The molecule has 0 radical (unpaired) electrons. The fourth-order valence-electron chi connectivity index (χ4n) is 3.47. The molecule has 1 aromatic rings. The van der Waals surface area contributed by atoms with Crippen LogP contribution in [-0.4, -0.2) is 53.7 Å². The lowest BCUT2D eigenvalue weighted by atomic mass is 10.0. The highest BCUT2D eigenvalue weighted by atomic mass is 32.1. The molecule has 1 aromatic heterocycles. The molecule has 1 saturated carbocycles. The number of hydrogen-bond acceptors (Lipinski definition) is 6. The maximum absolute atomic E-state index is 12.0. The van der Waals surface area contributed by atoms with Gasteiger partial charge in [-0.25, -0.2) is 0 Å². The number of nitrogens with one attached hydrogen (secondary N) is 1. The molecule has 2 fully saturated rings. The van der Waals surface area contributed by atoms with Crippen molar-refractivity contribution >= 4 is 27.5 Å². The molecule has 6 nitrogen and oxygen atoms in total. The number of rotatable bonds is 6. The highest BCUT2D eigenvalue weighted by molar-refractivity contribution is 7.19. The first-order valence-electron chi connectivity index (χ1n) is 8.85. The van der Waals surface area contributed by atoms with Gasteiger partial charge in [-0.3, -0.25) is 4.79 Å². The predicted molar refractivity (Wildman–Crippen MR) is 94.1 cm³/mol. The summed E-state index contributed by atoms with van der Waals surface area (Å²) in [7, 11) is 0. The lowest BCUT2D eigenvalue weighted by Gasteiger charge is -2.33. The zero-order valence-electron chi connectivity index (χ0n) is 14.0. The summed E-state index contributed by atoms with van der Waals surface area (Å²) < 4.78 is 0. The minimum atomic E-state index is 0.0791. The molecule has 128 valence electrons. The van der Waals surface area contributed by atoms with Crippen molar-refractivity contribution in [2.75, 3.05) is 42.9 Å². The summed E-state index contributed by atoms with van der Waals surface area (Å²) >= 11 is 1.49. The summed E-state index contributed by atoms with van der Waals surface area (Å²) in [6, 6.07) is 0. The Morgan fingerprint density at radius 2 is 1.96 bits per heavy atom. The number of hydrogen-bond donors (Lipinski definition) is 1. The van der Waals surface area contributed by atoms with Gasteiger partial charge < -0.3 is 15.1 Å². The van der Waals surface area contributed by atoms with Crippen molar-refractivity contribution in [3.63, 3.8) is 0 Å². The molecule has 2 aliphatic rings. The second-order valence-electron chi connectivity index (χ2n) is 6.55. The van der Waals surface area contributed by atoms with Crippen LogP contribution < -0.4 is 10.2 Å². The van der Waals surface area contributed by atoms with E-state index in [1.54, 1.807) is 0 Å². The van der Waals surface area contributed by atoms with E-state index in [2.05, 4.69) is 32.2 Å². The van der Waals surface area contributed by atoms with Crippen molar-refractivity contribution in [2.45, 2.75) is 45.4 Å². The van der Waals surface area contributed by atoms with Gasteiger partial charge in [0.15, 0.2) is 0 Å². The van der Waals surface area contributed by atoms with E-state index in [1.807, 2.05) is 0 Å². The lowest BCUT2D eigenvalue weighted by Crippen LogP contribution is -2.46. The van der Waals surface area contributed by atoms with Crippen LogP contribution in [0.4, 0.5) is 10.3 Å².